The van der Waals surface area contributed by atoms with E-state index in [2.05, 4.69) is 129 Å². The highest BCUT2D eigenvalue weighted by Gasteiger charge is 2.44. The topological polar surface area (TPSA) is 36.9 Å². The quantitative estimate of drug-likeness (QED) is 0.0585. The summed E-state index contributed by atoms with van der Waals surface area (Å²) < 4.78 is 22.8. The van der Waals surface area contributed by atoms with Gasteiger partial charge in [-0.25, -0.2) is 0 Å². The average molecular weight is 808 g/mol. The largest absolute Gasteiger partial charge is 0.420 e. The Morgan fingerprint density at radius 2 is 0.827 bits per heavy atom. The summed E-state index contributed by atoms with van der Waals surface area (Å²) in [4.78, 5) is 0. The Morgan fingerprint density at radius 3 is 1.02 bits per heavy atom. The minimum atomic E-state index is -1.51. The van der Waals surface area contributed by atoms with Crippen molar-refractivity contribution in [2.75, 3.05) is 28.4 Å². The number of rotatable bonds is 23. The molecule has 0 amide bonds. The fourth-order valence-corrected chi connectivity index (χ4v) is 18.9. The molecule has 318 valence electrons. The monoisotopic (exact) mass is 807 g/mol. The molecular weight excluding hydrogens is 705 g/mol. The lowest BCUT2D eigenvalue weighted by Gasteiger charge is -2.40. The second-order valence-corrected chi connectivity index (χ2v) is 38.5. The molecule has 8 heteroatoms. The first-order valence-electron chi connectivity index (χ1n) is 20.8. The van der Waals surface area contributed by atoms with Crippen LogP contribution in [0.3, 0.4) is 0 Å². The van der Waals surface area contributed by atoms with E-state index in [1.54, 1.807) is 0 Å². The molecule has 4 nitrogen and oxygen atoms in total. The van der Waals surface area contributed by atoms with Crippen molar-refractivity contribution >= 4 is 33.3 Å². The first kappa shape index (κ1) is 61.4. The molecule has 0 heterocycles. The second-order valence-electron chi connectivity index (χ2n) is 18.4. The van der Waals surface area contributed by atoms with Gasteiger partial charge in [0, 0.05) is 28.4 Å². The predicted octanol–water partition coefficient (Wildman–Crippen LogP) is 16.6. The van der Waals surface area contributed by atoms with Crippen LogP contribution in [0, 0.1) is 0 Å². The van der Waals surface area contributed by atoms with Gasteiger partial charge in [-0.05, 0) is 96.7 Å². The third-order valence-electron chi connectivity index (χ3n) is 11.9. The first-order valence-corrected chi connectivity index (χ1v) is 31.2. The van der Waals surface area contributed by atoms with Crippen molar-refractivity contribution in [1.82, 2.24) is 0 Å². The zero-order valence-corrected chi connectivity index (χ0v) is 43.1. The Morgan fingerprint density at radius 1 is 0.481 bits per heavy atom. The maximum absolute atomic E-state index is 6.01. The summed E-state index contributed by atoms with van der Waals surface area (Å²) >= 11 is 0. The molecule has 0 bridgehead atoms. The number of hydrogen-bond donors (Lipinski definition) is 0. The van der Waals surface area contributed by atoms with Gasteiger partial charge in [-0.3, -0.25) is 0 Å². The van der Waals surface area contributed by atoms with E-state index in [9.17, 15) is 0 Å². The summed E-state index contributed by atoms with van der Waals surface area (Å²) in [6.45, 7) is 46.4. The zero-order valence-electron chi connectivity index (χ0n) is 39.1. The maximum atomic E-state index is 6.01. The maximum Gasteiger partial charge on any atom is 0.199 e. The molecule has 0 aliphatic rings. The SMILES string of the molecule is C.C=CCCCCCC[Si](C)(C)OC.C=CCCCCCC[Si](OC)(C(C)C)C(C)C.CO[Si](C(C)C)(C(C)C)C(C)C.CO[Si](C)(C)C(C)(C)C. The Hall–Kier alpha value is 0.188. The molecule has 0 N–H and O–H groups in total. The lowest BCUT2D eigenvalue weighted by Crippen LogP contribution is -2.46. The van der Waals surface area contributed by atoms with Gasteiger partial charge in [-0.1, -0.05) is 148 Å². The Bertz CT molecular complexity index is 788. The predicted molar refractivity (Wildman–Crippen MR) is 253 cm³/mol. The van der Waals surface area contributed by atoms with E-state index in [1.807, 2.05) is 40.6 Å². The van der Waals surface area contributed by atoms with Gasteiger partial charge in [0.2, 0.25) is 0 Å². The van der Waals surface area contributed by atoms with E-state index in [4.69, 9.17) is 17.7 Å². The van der Waals surface area contributed by atoms with E-state index in [0.717, 1.165) is 11.1 Å². The molecule has 0 aliphatic carbocycles. The third-order valence-corrected chi connectivity index (χ3v) is 31.1. The highest BCUT2D eigenvalue weighted by molar-refractivity contribution is 6.77. The van der Waals surface area contributed by atoms with E-state index in [0.29, 0.717) is 21.7 Å². The van der Waals surface area contributed by atoms with Crippen molar-refractivity contribution in [3.05, 3.63) is 25.3 Å². The molecule has 0 spiro atoms. The molecule has 0 unspecified atom stereocenters. The van der Waals surface area contributed by atoms with E-state index >= 15 is 0 Å². The van der Waals surface area contributed by atoms with Crippen molar-refractivity contribution in [2.45, 2.75) is 233 Å². The van der Waals surface area contributed by atoms with E-state index in [1.165, 1.54) is 76.3 Å². The van der Waals surface area contributed by atoms with E-state index in [-0.39, 0.29) is 7.43 Å². The summed E-state index contributed by atoms with van der Waals surface area (Å²) in [5.41, 5.74) is 3.58. The van der Waals surface area contributed by atoms with Crippen molar-refractivity contribution in [2.24, 2.45) is 0 Å². The van der Waals surface area contributed by atoms with Gasteiger partial charge in [0.1, 0.15) is 0 Å². The van der Waals surface area contributed by atoms with Crippen molar-refractivity contribution < 1.29 is 17.7 Å². The molecule has 52 heavy (non-hydrogen) atoms. The molecule has 0 radical (unpaired) electrons. The molecule has 0 aliphatic heterocycles. The molecule has 0 rings (SSSR count). The minimum Gasteiger partial charge on any atom is -0.420 e. The van der Waals surface area contributed by atoms with Crippen LogP contribution in [0.5, 0.6) is 0 Å². The molecule has 0 aromatic carbocycles. The third kappa shape index (κ3) is 25.4. The van der Waals surface area contributed by atoms with Gasteiger partial charge in [-0.15, -0.1) is 13.2 Å². The van der Waals surface area contributed by atoms with Crippen LogP contribution in [0.2, 0.25) is 71.0 Å². The average Bonchev–Trinajstić information content (AvgIpc) is 3.02. The van der Waals surface area contributed by atoms with Crippen molar-refractivity contribution in [1.29, 1.82) is 0 Å². The summed E-state index contributed by atoms with van der Waals surface area (Å²) in [5.74, 6) is 0. The van der Waals surface area contributed by atoms with Crippen LogP contribution >= 0.6 is 0 Å². The van der Waals surface area contributed by atoms with Crippen LogP contribution in [0.4, 0.5) is 0 Å². The van der Waals surface area contributed by atoms with Gasteiger partial charge < -0.3 is 17.7 Å². The van der Waals surface area contributed by atoms with Crippen LogP contribution in [0.25, 0.3) is 0 Å². The second kappa shape index (κ2) is 32.3. The fraction of sp³-hybridized carbons (Fsp3) is 0.909. The molecular formula is C44H102O4Si4. The normalized spacial score (nSPS) is 12.5. The first-order chi connectivity index (χ1) is 23.3. The van der Waals surface area contributed by atoms with Crippen LogP contribution in [0.15, 0.2) is 25.3 Å². The molecule has 0 aromatic heterocycles. The Labute approximate surface area is 336 Å². The molecule has 0 saturated heterocycles. The molecule has 0 saturated carbocycles. The lowest BCUT2D eigenvalue weighted by molar-refractivity contribution is 0.360. The Balaban J connectivity index is -0.000000192. The standard InChI is InChI=1S/C15H32OSi.C11H24OSi.C10H24OSi.C7H18OSi.CH4/c1-7-8-9-10-11-12-13-17(16-6,14(2)3)15(4)5;1-5-6-7-8-9-10-11-13(3,4)12-2;1-8(2)12(11-7,9(3)4)10(5)6;1-7(2,3)9(5,6)8-4;/h7,14-15H,1,8-13H2,2-6H3;5H,1,6-11H2,2-4H3;8-10H,1-7H3;1-6H3;1H4. The molecule has 0 aromatic rings. The van der Waals surface area contributed by atoms with Crippen LogP contribution < -0.4 is 0 Å². The highest BCUT2D eigenvalue weighted by atomic mass is 28.4. The summed E-state index contributed by atoms with van der Waals surface area (Å²) in [5, 5.41) is 0.363. The number of hydrogen-bond acceptors (Lipinski definition) is 4. The lowest BCUT2D eigenvalue weighted by atomic mass is 10.1. The smallest absolute Gasteiger partial charge is 0.199 e. The van der Waals surface area contributed by atoms with Gasteiger partial charge in [0.25, 0.3) is 0 Å². The van der Waals surface area contributed by atoms with Gasteiger partial charge >= 0.3 is 0 Å². The van der Waals surface area contributed by atoms with Crippen LogP contribution in [0.1, 0.15) is 162 Å². The molecule has 0 fully saturated rings. The minimum absolute atomic E-state index is 0. The highest BCUT2D eigenvalue weighted by Crippen LogP contribution is 2.41. The van der Waals surface area contributed by atoms with Gasteiger partial charge in [0.15, 0.2) is 33.3 Å². The van der Waals surface area contributed by atoms with Crippen molar-refractivity contribution in [3.8, 4) is 0 Å². The van der Waals surface area contributed by atoms with Crippen molar-refractivity contribution in [3.63, 3.8) is 0 Å². The Kier molecular flexibility index (Phi) is 38.1. The number of unbranched alkanes of at least 4 members (excludes halogenated alkanes) is 8. The number of allylic oxidation sites excluding steroid dienone is 2. The fourth-order valence-electron chi connectivity index (χ4n) is 7.17. The molecule has 0 atom stereocenters. The van der Waals surface area contributed by atoms with Crippen LogP contribution in [-0.2, 0) is 17.7 Å². The van der Waals surface area contributed by atoms with Gasteiger partial charge in [0.05, 0.1) is 0 Å². The zero-order chi connectivity index (χ0) is 41.1. The summed E-state index contributed by atoms with van der Waals surface area (Å²) in [7, 11) is 1.84. The van der Waals surface area contributed by atoms with Crippen LogP contribution in [-0.4, -0.2) is 61.7 Å². The summed E-state index contributed by atoms with van der Waals surface area (Å²) in [6.07, 6.45) is 17.1. The van der Waals surface area contributed by atoms with Gasteiger partial charge in [-0.2, -0.15) is 0 Å². The van der Waals surface area contributed by atoms with E-state index < -0.39 is 33.3 Å². The summed E-state index contributed by atoms with van der Waals surface area (Å²) in [6, 6.07) is 2.63.